The fourth-order valence-electron chi connectivity index (χ4n) is 1.21. The van der Waals surface area contributed by atoms with Crippen LogP contribution in [0.1, 0.15) is 13.3 Å². The van der Waals surface area contributed by atoms with E-state index in [0.717, 1.165) is 25.0 Å². The van der Waals surface area contributed by atoms with Gasteiger partial charge in [-0.15, -0.1) is 0 Å². The lowest BCUT2D eigenvalue weighted by molar-refractivity contribution is 0.152. The fourth-order valence-corrected chi connectivity index (χ4v) is 2.33. The highest BCUT2D eigenvalue weighted by atomic mass is 79.9. The van der Waals surface area contributed by atoms with Gasteiger partial charge in [0.05, 0.1) is 6.61 Å². The Morgan fingerprint density at radius 3 is 2.64 bits per heavy atom. The van der Waals surface area contributed by atoms with Crippen LogP contribution in [-0.2, 0) is 4.74 Å². The van der Waals surface area contributed by atoms with E-state index in [1.165, 1.54) is 24.5 Å². The summed E-state index contributed by atoms with van der Waals surface area (Å²) < 4.78 is 5.08. The van der Waals surface area contributed by atoms with Crippen molar-refractivity contribution in [3.63, 3.8) is 0 Å². The number of methoxy groups -OCH3 is 1. The molecule has 0 unspecified atom stereocenters. The molecule has 0 rings (SSSR count). The normalized spacial score (nSPS) is 11.1. The average molecular weight is 284 g/mol. The zero-order chi connectivity index (χ0) is 10.6. The van der Waals surface area contributed by atoms with Gasteiger partial charge >= 0.3 is 0 Å². The van der Waals surface area contributed by atoms with Crippen LogP contribution in [0, 0.1) is 0 Å². The predicted octanol–water partition coefficient (Wildman–Crippen LogP) is 2.47. The van der Waals surface area contributed by atoms with Crippen LogP contribution in [0.2, 0.25) is 0 Å². The third kappa shape index (κ3) is 9.31. The van der Waals surface area contributed by atoms with Gasteiger partial charge in [-0.3, -0.25) is 0 Å². The van der Waals surface area contributed by atoms with E-state index in [0.29, 0.717) is 0 Å². The highest BCUT2D eigenvalue weighted by Gasteiger charge is 2.02. The molecule has 0 aromatic carbocycles. The second-order valence-corrected chi connectivity index (χ2v) is 5.26. The van der Waals surface area contributed by atoms with Gasteiger partial charge in [0.25, 0.3) is 0 Å². The molecule has 0 aliphatic heterocycles. The Bertz CT molecular complexity index is 116. The summed E-state index contributed by atoms with van der Waals surface area (Å²) in [5, 5.41) is 1.05. The van der Waals surface area contributed by atoms with Gasteiger partial charge in [0.1, 0.15) is 0 Å². The smallest absolute Gasteiger partial charge is 0.0589 e. The van der Waals surface area contributed by atoms with Crippen molar-refractivity contribution >= 4 is 27.7 Å². The second-order valence-electron chi connectivity index (χ2n) is 3.07. The monoisotopic (exact) mass is 283 g/mol. The summed E-state index contributed by atoms with van der Waals surface area (Å²) in [4.78, 5) is 2.45. The Kier molecular flexibility index (Phi) is 12.5. The third-order valence-corrected chi connectivity index (χ3v) is 3.32. The van der Waals surface area contributed by atoms with E-state index in [-0.39, 0.29) is 0 Å². The van der Waals surface area contributed by atoms with Crippen LogP contribution in [0.3, 0.4) is 0 Å². The first-order valence-corrected chi connectivity index (χ1v) is 7.47. The molecule has 0 amide bonds. The zero-order valence-corrected chi connectivity index (χ0v) is 11.7. The summed E-state index contributed by atoms with van der Waals surface area (Å²) in [5.41, 5.74) is 0. The van der Waals surface area contributed by atoms with Crippen LogP contribution in [-0.4, -0.2) is 55.1 Å². The average Bonchev–Trinajstić information content (AvgIpc) is 2.20. The van der Waals surface area contributed by atoms with E-state index in [1.54, 1.807) is 7.11 Å². The molecule has 4 heteroatoms. The molecule has 0 aliphatic rings. The Balaban J connectivity index is 3.40. The van der Waals surface area contributed by atoms with Gasteiger partial charge in [0.2, 0.25) is 0 Å². The molecule has 0 aliphatic carbocycles. The third-order valence-electron chi connectivity index (χ3n) is 1.98. The SMILES string of the molecule is CCSCCCN(CCBr)CCOC. The van der Waals surface area contributed by atoms with Gasteiger partial charge in [0, 0.05) is 25.5 Å². The molecule has 0 fully saturated rings. The van der Waals surface area contributed by atoms with E-state index in [1.807, 2.05) is 11.8 Å². The number of alkyl halides is 1. The number of hydrogen-bond donors (Lipinski definition) is 0. The van der Waals surface area contributed by atoms with Crippen LogP contribution < -0.4 is 0 Å². The molecular weight excluding hydrogens is 262 g/mol. The molecule has 0 N–H and O–H groups in total. The molecule has 0 spiro atoms. The highest BCUT2D eigenvalue weighted by Crippen LogP contribution is 2.02. The van der Waals surface area contributed by atoms with Crippen LogP contribution in [0.15, 0.2) is 0 Å². The molecule has 0 saturated heterocycles. The molecule has 14 heavy (non-hydrogen) atoms. The molecule has 0 aromatic heterocycles. The lowest BCUT2D eigenvalue weighted by atomic mass is 10.4. The number of hydrogen-bond acceptors (Lipinski definition) is 3. The molecular formula is C10H22BrNOS. The maximum Gasteiger partial charge on any atom is 0.0589 e. The van der Waals surface area contributed by atoms with Crippen LogP contribution in [0.4, 0.5) is 0 Å². The summed E-state index contributed by atoms with van der Waals surface area (Å²) in [6, 6.07) is 0. The maximum absolute atomic E-state index is 5.08. The fraction of sp³-hybridized carbons (Fsp3) is 1.00. The topological polar surface area (TPSA) is 12.5 Å². The number of thioether (sulfide) groups is 1. The van der Waals surface area contributed by atoms with E-state index in [9.17, 15) is 0 Å². The minimum Gasteiger partial charge on any atom is -0.383 e. The van der Waals surface area contributed by atoms with E-state index in [2.05, 4.69) is 27.8 Å². The first kappa shape index (κ1) is 14.8. The van der Waals surface area contributed by atoms with Gasteiger partial charge in [-0.05, 0) is 24.5 Å². The van der Waals surface area contributed by atoms with Crippen molar-refractivity contribution in [3.8, 4) is 0 Å². The largest absolute Gasteiger partial charge is 0.383 e. The Labute approximate surface area is 101 Å². The predicted molar refractivity (Wildman–Crippen MR) is 69.7 cm³/mol. The molecule has 0 bridgehead atoms. The Morgan fingerprint density at radius 2 is 2.07 bits per heavy atom. The summed E-state index contributed by atoms with van der Waals surface area (Å²) in [6.07, 6.45) is 1.29. The van der Waals surface area contributed by atoms with Crippen LogP contribution in [0.5, 0.6) is 0 Å². The standard InChI is InChI=1S/C10H22BrNOS/c1-3-14-10-4-6-12(7-5-11)8-9-13-2/h3-10H2,1-2H3. The van der Waals surface area contributed by atoms with Crippen molar-refractivity contribution in [3.05, 3.63) is 0 Å². The summed E-state index contributed by atoms with van der Waals surface area (Å²) >= 11 is 5.50. The quantitative estimate of drug-likeness (QED) is 0.452. The van der Waals surface area contributed by atoms with Crippen molar-refractivity contribution in [2.45, 2.75) is 13.3 Å². The van der Waals surface area contributed by atoms with Crippen molar-refractivity contribution in [1.29, 1.82) is 0 Å². The first-order valence-electron chi connectivity index (χ1n) is 5.20. The Morgan fingerprint density at radius 1 is 1.29 bits per heavy atom. The number of halogens is 1. The number of nitrogens with zero attached hydrogens (tertiary/aromatic N) is 1. The van der Waals surface area contributed by atoms with E-state index < -0.39 is 0 Å². The molecule has 2 nitrogen and oxygen atoms in total. The molecule has 0 atom stereocenters. The van der Waals surface area contributed by atoms with Gasteiger partial charge in [0.15, 0.2) is 0 Å². The summed E-state index contributed by atoms with van der Waals surface area (Å²) in [6.45, 7) is 6.43. The minimum absolute atomic E-state index is 0.841. The molecule has 0 aromatic rings. The zero-order valence-electron chi connectivity index (χ0n) is 9.30. The lowest BCUT2D eigenvalue weighted by Crippen LogP contribution is -2.30. The van der Waals surface area contributed by atoms with Gasteiger partial charge < -0.3 is 9.64 Å². The highest BCUT2D eigenvalue weighted by molar-refractivity contribution is 9.09. The van der Waals surface area contributed by atoms with Gasteiger partial charge in [-0.2, -0.15) is 11.8 Å². The summed E-state index contributed by atoms with van der Waals surface area (Å²) in [5.74, 6) is 2.51. The number of ether oxygens (including phenoxy) is 1. The van der Waals surface area contributed by atoms with Crippen molar-refractivity contribution < 1.29 is 4.74 Å². The summed E-state index contributed by atoms with van der Waals surface area (Å²) in [7, 11) is 1.76. The maximum atomic E-state index is 5.08. The van der Waals surface area contributed by atoms with Gasteiger partial charge in [-0.25, -0.2) is 0 Å². The van der Waals surface area contributed by atoms with E-state index >= 15 is 0 Å². The van der Waals surface area contributed by atoms with Gasteiger partial charge in [-0.1, -0.05) is 22.9 Å². The van der Waals surface area contributed by atoms with Crippen molar-refractivity contribution in [2.24, 2.45) is 0 Å². The Hall–Kier alpha value is 0.750. The van der Waals surface area contributed by atoms with E-state index in [4.69, 9.17) is 4.74 Å². The molecule has 86 valence electrons. The minimum atomic E-state index is 0.841. The van der Waals surface area contributed by atoms with Crippen LogP contribution in [0.25, 0.3) is 0 Å². The van der Waals surface area contributed by atoms with Crippen LogP contribution >= 0.6 is 27.7 Å². The molecule has 0 heterocycles. The molecule has 0 radical (unpaired) electrons. The second kappa shape index (κ2) is 11.8. The number of rotatable bonds is 10. The lowest BCUT2D eigenvalue weighted by Gasteiger charge is -2.20. The van der Waals surface area contributed by atoms with Crippen molar-refractivity contribution in [2.75, 3.05) is 50.2 Å². The molecule has 0 saturated carbocycles. The van der Waals surface area contributed by atoms with Crippen molar-refractivity contribution in [1.82, 2.24) is 4.90 Å². The first-order chi connectivity index (χ1) is 6.85.